The zero-order valence-electron chi connectivity index (χ0n) is 12.2. The van der Waals surface area contributed by atoms with E-state index in [9.17, 15) is 13.2 Å². The number of nitrogens with zero attached hydrogens (tertiary/aromatic N) is 2. The van der Waals surface area contributed by atoms with E-state index in [4.69, 9.17) is 10.5 Å². The maximum atomic E-state index is 12.4. The summed E-state index contributed by atoms with van der Waals surface area (Å²) in [6, 6.07) is 2.28. The van der Waals surface area contributed by atoms with Crippen molar-refractivity contribution < 1.29 is 17.9 Å². The second-order valence-electron chi connectivity index (χ2n) is 5.18. The van der Waals surface area contributed by atoms with Gasteiger partial charge in [-0.05, 0) is 38.4 Å². The average Bonchev–Trinajstić information content (AvgIpc) is 2.46. The maximum Gasteiger partial charge on any atom is 0.417 e. The van der Waals surface area contributed by atoms with Crippen LogP contribution in [0.3, 0.4) is 0 Å². The Morgan fingerprint density at radius 3 is 2.45 bits per heavy atom. The Balaban J connectivity index is 0.00000242. The minimum Gasteiger partial charge on any atom is -0.474 e. The van der Waals surface area contributed by atoms with E-state index < -0.39 is 11.7 Å². The molecule has 2 heterocycles. The fraction of sp³-hybridized carbons (Fsp3) is 0.643. The van der Waals surface area contributed by atoms with E-state index in [1.807, 2.05) is 0 Å². The summed E-state index contributed by atoms with van der Waals surface area (Å²) in [6.07, 6.45) is -0.846. The summed E-state index contributed by atoms with van der Waals surface area (Å²) in [6.45, 7) is 3.52. The molecule has 2 N–H and O–H groups in total. The van der Waals surface area contributed by atoms with Crippen LogP contribution in [0, 0.1) is 0 Å². The van der Waals surface area contributed by atoms with E-state index in [1.165, 1.54) is 6.07 Å². The highest BCUT2D eigenvalue weighted by Gasteiger charge is 2.31. The van der Waals surface area contributed by atoms with Crippen molar-refractivity contribution in [2.75, 3.05) is 26.2 Å². The normalized spacial score (nSPS) is 17.1. The van der Waals surface area contributed by atoms with Gasteiger partial charge in [-0.1, -0.05) is 0 Å². The summed E-state index contributed by atoms with van der Waals surface area (Å²) in [5.74, 6) is 0.253. The second kappa shape index (κ2) is 8.55. The van der Waals surface area contributed by atoms with Crippen LogP contribution in [0.5, 0.6) is 5.88 Å². The van der Waals surface area contributed by atoms with Crippen molar-refractivity contribution >= 4 is 12.4 Å². The molecule has 1 aromatic heterocycles. The lowest BCUT2D eigenvalue weighted by Gasteiger charge is -2.31. The van der Waals surface area contributed by atoms with Gasteiger partial charge in [-0.3, -0.25) is 0 Å². The number of alkyl halides is 3. The summed E-state index contributed by atoms with van der Waals surface area (Å²) in [5, 5.41) is 0. The fourth-order valence-electron chi connectivity index (χ4n) is 2.35. The average molecular weight is 340 g/mol. The molecule has 2 rings (SSSR count). The first-order chi connectivity index (χ1) is 9.99. The molecule has 126 valence electrons. The number of piperidine rings is 1. The van der Waals surface area contributed by atoms with Crippen LogP contribution in [0.4, 0.5) is 13.2 Å². The van der Waals surface area contributed by atoms with Gasteiger partial charge in [0.15, 0.2) is 0 Å². The van der Waals surface area contributed by atoms with Crippen LogP contribution < -0.4 is 10.5 Å². The molecule has 0 saturated carbocycles. The molecule has 1 aromatic rings. The lowest BCUT2D eigenvalue weighted by molar-refractivity contribution is -0.137. The molecule has 1 fully saturated rings. The van der Waals surface area contributed by atoms with Gasteiger partial charge < -0.3 is 15.4 Å². The molecule has 0 radical (unpaired) electrons. The SMILES string of the molecule is Cl.NCCCN1CCC(Oc2ccc(C(F)(F)F)cn2)CC1. The van der Waals surface area contributed by atoms with Crippen molar-refractivity contribution in [3.05, 3.63) is 23.9 Å². The summed E-state index contributed by atoms with van der Waals surface area (Å²) in [7, 11) is 0. The number of halogens is 4. The summed E-state index contributed by atoms with van der Waals surface area (Å²) in [5.41, 5.74) is 4.72. The standard InChI is InChI=1S/C14H20F3N3O.ClH/c15-14(16,17)11-2-3-13(19-10-11)21-12-4-8-20(9-5-12)7-1-6-18;/h2-3,10,12H,1,4-9,18H2;1H. The van der Waals surface area contributed by atoms with E-state index in [-0.39, 0.29) is 24.4 Å². The van der Waals surface area contributed by atoms with Crippen molar-refractivity contribution in [1.82, 2.24) is 9.88 Å². The monoisotopic (exact) mass is 339 g/mol. The third kappa shape index (κ3) is 5.62. The van der Waals surface area contributed by atoms with Gasteiger partial charge >= 0.3 is 6.18 Å². The van der Waals surface area contributed by atoms with Crippen molar-refractivity contribution in [1.29, 1.82) is 0 Å². The Hall–Kier alpha value is -1.05. The molecule has 0 aliphatic carbocycles. The van der Waals surface area contributed by atoms with Gasteiger partial charge in [0.1, 0.15) is 6.10 Å². The molecule has 0 aromatic carbocycles. The van der Waals surface area contributed by atoms with Gasteiger partial charge in [-0.2, -0.15) is 13.2 Å². The third-order valence-corrected chi connectivity index (χ3v) is 3.56. The third-order valence-electron chi connectivity index (χ3n) is 3.56. The van der Waals surface area contributed by atoms with Gasteiger partial charge in [0, 0.05) is 25.4 Å². The Bertz CT molecular complexity index is 434. The molecule has 0 unspecified atom stereocenters. The van der Waals surface area contributed by atoms with Gasteiger partial charge in [-0.15, -0.1) is 12.4 Å². The number of likely N-dealkylation sites (tertiary alicyclic amines) is 1. The van der Waals surface area contributed by atoms with E-state index in [1.54, 1.807) is 0 Å². The fourth-order valence-corrected chi connectivity index (χ4v) is 2.35. The number of hydrogen-bond donors (Lipinski definition) is 1. The zero-order valence-corrected chi connectivity index (χ0v) is 13.0. The van der Waals surface area contributed by atoms with Crippen LogP contribution in [0.15, 0.2) is 18.3 Å². The maximum absolute atomic E-state index is 12.4. The number of rotatable bonds is 5. The smallest absolute Gasteiger partial charge is 0.417 e. The molecule has 1 aliphatic rings. The molecule has 0 spiro atoms. The first-order valence-corrected chi connectivity index (χ1v) is 7.11. The van der Waals surface area contributed by atoms with Gasteiger partial charge in [0.2, 0.25) is 5.88 Å². The highest BCUT2D eigenvalue weighted by atomic mass is 35.5. The van der Waals surface area contributed by atoms with Gasteiger partial charge in [-0.25, -0.2) is 4.98 Å². The van der Waals surface area contributed by atoms with Crippen molar-refractivity contribution in [2.45, 2.75) is 31.5 Å². The first kappa shape index (κ1) is 19.0. The predicted molar refractivity (Wildman–Crippen MR) is 80.2 cm³/mol. The molecule has 1 aliphatic heterocycles. The van der Waals surface area contributed by atoms with Crippen molar-refractivity contribution in [3.63, 3.8) is 0 Å². The van der Waals surface area contributed by atoms with Crippen LogP contribution >= 0.6 is 12.4 Å². The van der Waals surface area contributed by atoms with Crippen LogP contribution in [-0.2, 0) is 6.18 Å². The molecule has 22 heavy (non-hydrogen) atoms. The number of ether oxygens (including phenoxy) is 1. The van der Waals surface area contributed by atoms with Gasteiger partial charge in [0.25, 0.3) is 0 Å². The van der Waals surface area contributed by atoms with Crippen molar-refractivity contribution in [3.8, 4) is 5.88 Å². The Labute approximate surface area is 134 Å². The molecule has 0 bridgehead atoms. The predicted octanol–water partition coefficient (Wildman–Crippen LogP) is 2.71. The van der Waals surface area contributed by atoms with E-state index in [0.29, 0.717) is 6.54 Å². The Morgan fingerprint density at radius 1 is 1.27 bits per heavy atom. The topological polar surface area (TPSA) is 51.4 Å². The number of aromatic nitrogens is 1. The van der Waals surface area contributed by atoms with Crippen LogP contribution in [-0.4, -0.2) is 42.2 Å². The molecular weight excluding hydrogens is 319 g/mol. The minimum atomic E-state index is -4.36. The molecular formula is C14H21ClF3N3O. The number of pyridine rings is 1. The van der Waals surface area contributed by atoms with Crippen LogP contribution in [0.25, 0.3) is 0 Å². The lowest BCUT2D eigenvalue weighted by Crippen LogP contribution is -2.39. The van der Waals surface area contributed by atoms with Gasteiger partial charge in [0.05, 0.1) is 5.56 Å². The summed E-state index contributed by atoms with van der Waals surface area (Å²) >= 11 is 0. The summed E-state index contributed by atoms with van der Waals surface area (Å²) < 4.78 is 42.9. The Morgan fingerprint density at radius 2 is 1.95 bits per heavy atom. The second-order valence-corrected chi connectivity index (χ2v) is 5.18. The highest BCUT2D eigenvalue weighted by Crippen LogP contribution is 2.29. The first-order valence-electron chi connectivity index (χ1n) is 7.11. The van der Waals surface area contributed by atoms with E-state index >= 15 is 0 Å². The zero-order chi connectivity index (χ0) is 15.3. The van der Waals surface area contributed by atoms with Crippen LogP contribution in [0.2, 0.25) is 0 Å². The summed E-state index contributed by atoms with van der Waals surface area (Å²) in [4.78, 5) is 6.06. The lowest BCUT2D eigenvalue weighted by atomic mass is 10.1. The Kier molecular flexibility index (Phi) is 7.38. The largest absolute Gasteiger partial charge is 0.474 e. The van der Waals surface area contributed by atoms with Crippen molar-refractivity contribution in [2.24, 2.45) is 5.73 Å². The minimum absolute atomic E-state index is 0. The van der Waals surface area contributed by atoms with E-state index in [2.05, 4.69) is 9.88 Å². The number of hydrogen-bond acceptors (Lipinski definition) is 4. The molecule has 0 amide bonds. The van der Waals surface area contributed by atoms with Crippen LogP contribution in [0.1, 0.15) is 24.8 Å². The molecule has 0 atom stereocenters. The highest BCUT2D eigenvalue weighted by molar-refractivity contribution is 5.85. The quantitative estimate of drug-likeness (QED) is 0.896. The van der Waals surface area contributed by atoms with E-state index in [0.717, 1.165) is 51.2 Å². The molecule has 1 saturated heterocycles. The molecule has 8 heteroatoms. The molecule has 4 nitrogen and oxygen atoms in total. The number of nitrogens with two attached hydrogens (primary N) is 1.